The van der Waals surface area contributed by atoms with Crippen LogP contribution in [-0.2, 0) is 10.0 Å². The van der Waals surface area contributed by atoms with E-state index in [1.165, 1.54) is 31.2 Å². The standard InChI is InChI=1S/C13H19NO4S/c1-3-12(8-9-15)14-19(17,18)13-6-4-11(5-7-13)10(2)16/h4-7,12,14-15H,3,8-9H2,1-2H3. The van der Waals surface area contributed by atoms with Crippen molar-refractivity contribution < 1.29 is 18.3 Å². The Balaban J connectivity index is 2.90. The van der Waals surface area contributed by atoms with Gasteiger partial charge in [-0.2, -0.15) is 0 Å². The Morgan fingerprint density at radius 3 is 2.32 bits per heavy atom. The Hall–Kier alpha value is -1.24. The molecule has 1 atom stereocenters. The minimum atomic E-state index is -3.61. The van der Waals surface area contributed by atoms with E-state index >= 15 is 0 Å². The van der Waals surface area contributed by atoms with E-state index in [1.54, 1.807) is 0 Å². The molecule has 0 aliphatic heterocycles. The smallest absolute Gasteiger partial charge is 0.240 e. The first kappa shape index (κ1) is 15.8. The summed E-state index contributed by atoms with van der Waals surface area (Å²) in [5.41, 5.74) is 0.473. The zero-order valence-corrected chi connectivity index (χ0v) is 11.9. The van der Waals surface area contributed by atoms with Crippen molar-refractivity contribution >= 4 is 15.8 Å². The van der Waals surface area contributed by atoms with Gasteiger partial charge in [-0.1, -0.05) is 19.1 Å². The summed E-state index contributed by atoms with van der Waals surface area (Å²) >= 11 is 0. The van der Waals surface area contributed by atoms with E-state index < -0.39 is 10.0 Å². The van der Waals surface area contributed by atoms with Gasteiger partial charge in [-0.05, 0) is 31.9 Å². The molecule has 0 fully saturated rings. The molecule has 2 N–H and O–H groups in total. The van der Waals surface area contributed by atoms with Crippen molar-refractivity contribution in [3.63, 3.8) is 0 Å². The molecule has 106 valence electrons. The van der Waals surface area contributed by atoms with Gasteiger partial charge in [-0.3, -0.25) is 4.79 Å². The average molecular weight is 285 g/mol. The molecule has 0 aliphatic rings. The maximum absolute atomic E-state index is 12.1. The number of aliphatic hydroxyl groups is 1. The highest BCUT2D eigenvalue weighted by molar-refractivity contribution is 7.89. The molecule has 6 heteroatoms. The molecule has 1 aromatic carbocycles. The van der Waals surface area contributed by atoms with Crippen LogP contribution >= 0.6 is 0 Å². The van der Waals surface area contributed by atoms with Crippen LogP contribution in [0, 0.1) is 0 Å². The van der Waals surface area contributed by atoms with Gasteiger partial charge in [0.25, 0.3) is 0 Å². The van der Waals surface area contributed by atoms with Gasteiger partial charge in [0.1, 0.15) is 0 Å². The van der Waals surface area contributed by atoms with Crippen molar-refractivity contribution in [3.8, 4) is 0 Å². The predicted molar refractivity (Wildman–Crippen MR) is 72.5 cm³/mol. The largest absolute Gasteiger partial charge is 0.396 e. The number of rotatable bonds is 7. The summed E-state index contributed by atoms with van der Waals surface area (Å²) in [4.78, 5) is 11.2. The third-order valence-corrected chi connectivity index (χ3v) is 4.40. The lowest BCUT2D eigenvalue weighted by Gasteiger charge is -2.16. The normalized spacial score (nSPS) is 13.2. The summed E-state index contributed by atoms with van der Waals surface area (Å²) in [6.07, 6.45) is 0.979. The Kier molecular flexibility index (Phi) is 5.65. The van der Waals surface area contributed by atoms with Crippen LogP contribution in [0.2, 0.25) is 0 Å². The minimum absolute atomic E-state index is 0.0652. The second-order valence-corrected chi connectivity index (χ2v) is 6.03. The van der Waals surface area contributed by atoms with E-state index in [0.29, 0.717) is 18.4 Å². The molecule has 19 heavy (non-hydrogen) atoms. The number of carbonyl (C=O) groups excluding carboxylic acids is 1. The van der Waals surface area contributed by atoms with Crippen LogP contribution in [0.1, 0.15) is 37.0 Å². The minimum Gasteiger partial charge on any atom is -0.396 e. The predicted octanol–water partition coefficient (Wildman–Crippen LogP) is 1.33. The molecule has 5 nitrogen and oxygen atoms in total. The Labute approximate surface area is 113 Å². The van der Waals surface area contributed by atoms with Gasteiger partial charge < -0.3 is 5.11 Å². The molecule has 0 heterocycles. The average Bonchev–Trinajstić information content (AvgIpc) is 2.38. The number of Topliss-reactive ketones (excluding diaryl/α,β-unsaturated/α-hetero) is 1. The first-order chi connectivity index (χ1) is 8.90. The van der Waals surface area contributed by atoms with Crippen LogP contribution in [0.5, 0.6) is 0 Å². The van der Waals surface area contributed by atoms with Crippen LogP contribution in [0.25, 0.3) is 0 Å². The highest BCUT2D eigenvalue weighted by atomic mass is 32.2. The fourth-order valence-corrected chi connectivity index (χ4v) is 3.01. The molecule has 1 rings (SSSR count). The molecule has 0 aromatic heterocycles. The zero-order valence-electron chi connectivity index (χ0n) is 11.1. The van der Waals surface area contributed by atoms with Gasteiger partial charge >= 0.3 is 0 Å². The number of ketones is 1. The van der Waals surface area contributed by atoms with Crippen LogP contribution < -0.4 is 4.72 Å². The highest BCUT2D eigenvalue weighted by Gasteiger charge is 2.18. The van der Waals surface area contributed by atoms with Crippen molar-refractivity contribution in [2.75, 3.05) is 6.61 Å². The van der Waals surface area contributed by atoms with Crippen LogP contribution in [0.3, 0.4) is 0 Å². The SMILES string of the molecule is CCC(CCO)NS(=O)(=O)c1ccc(C(C)=O)cc1. The molecule has 0 aliphatic carbocycles. The molecule has 0 spiro atoms. The molecule has 0 bridgehead atoms. The maximum atomic E-state index is 12.1. The number of aliphatic hydroxyl groups excluding tert-OH is 1. The molecule has 0 saturated carbocycles. The third-order valence-electron chi connectivity index (χ3n) is 2.86. The van der Waals surface area contributed by atoms with Crippen LogP contribution in [-0.4, -0.2) is 32.0 Å². The summed E-state index contributed by atoms with van der Waals surface area (Å²) in [6, 6.07) is 5.51. The lowest BCUT2D eigenvalue weighted by molar-refractivity contribution is 0.101. The molecule has 0 saturated heterocycles. The molecule has 0 amide bonds. The second-order valence-electron chi connectivity index (χ2n) is 4.32. The number of hydrogen-bond donors (Lipinski definition) is 2. The van der Waals surface area contributed by atoms with Crippen molar-refractivity contribution in [2.45, 2.75) is 37.6 Å². The van der Waals surface area contributed by atoms with Gasteiger partial charge in [0, 0.05) is 18.2 Å². The van der Waals surface area contributed by atoms with Crippen LogP contribution in [0.15, 0.2) is 29.2 Å². The van der Waals surface area contributed by atoms with Crippen molar-refractivity contribution in [1.29, 1.82) is 0 Å². The van der Waals surface area contributed by atoms with E-state index in [1.807, 2.05) is 6.92 Å². The summed E-state index contributed by atoms with van der Waals surface area (Å²) in [5.74, 6) is -0.108. The fraction of sp³-hybridized carbons (Fsp3) is 0.462. The number of nitrogens with one attached hydrogen (secondary N) is 1. The molecular weight excluding hydrogens is 266 g/mol. The number of sulfonamides is 1. The topological polar surface area (TPSA) is 83.5 Å². The van der Waals surface area contributed by atoms with Crippen molar-refractivity contribution in [3.05, 3.63) is 29.8 Å². The summed E-state index contributed by atoms with van der Waals surface area (Å²) in [5, 5.41) is 8.86. The number of carbonyl (C=O) groups is 1. The number of benzene rings is 1. The van der Waals surface area contributed by atoms with E-state index in [9.17, 15) is 13.2 Å². The fourth-order valence-electron chi connectivity index (χ4n) is 1.66. The van der Waals surface area contributed by atoms with Crippen molar-refractivity contribution in [2.24, 2.45) is 0 Å². The summed E-state index contributed by atoms with van der Waals surface area (Å²) < 4.78 is 26.7. The lowest BCUT2D eigenvalue weighted by Crippen LogP contribution is -2.35. The Morgan fingerprint density at radius 2 is 1.89 bits per heavy atom. The van der Waals surface area contributed by atoms with Gasteiger partial charge in [-0.25, -0.2) is 13.1 Å². The number of hydrogen-bond acceptors (Lipinski definition) is 4. The molecule has 1 aromatic rings. The molecule has 0 radical (unpaired) electrons. The van der Waals surface area contributed by atoms with E-state index in [2.05, 4.69) is 4.72 Å². The quantitative estimate of drug-likeness (QED) is 0.740. The lowest BCUT2D eigenvalue weighted by atomic mass is 10.2. The van der Waals surface area contributed by atoms with E-state index in [-0.39, 0.29) is 23.3 Å². The first-order valence-electron chi connectivity index (χ1n) is 6.15. The third kappa shape index (κ3) is 4.41. The van der Waals surface area contributed by atoms with E-state index in [0.717, 1.165) is 0 Å². The van der Waals surface area contributed by atoms with Gasteiger partial charge in [0.05, 0.1) is 4.90 Å². The first-order valence-corrected chi connectivity index (χ1v) is 7.63. The van der Waals surface area contributed by atoms with Gasteiger partial charge in [-0.15, -0.1) is 0 Å². The van der Waals surface area contributed by atoms with Crippen molar-refractivity contribution in [1.82, 2.24) is 4.72 Å². The van der Waals surface area contributed by atoms with Crippen LogP contribution in [0.4, 0.5) is 0 Å². The summed E-state index contributed by atoms with van der Waals surface area (Å²) in [6.45, 7) is 3.21. The Morgan fingerprint density at radius 1 is 1.32 bits per heavy atom. The zero-order chi connectivity index (χ0) is 14.5. The van der Waals surface area contributed by atoms with Gasteiger partial charge in [0.15, 0.2) is 5.78 Å². The summed E-state index contributed by atoms with van der Waals surface area (Å²) in [7, 11) is -3.61. The maximum Gasteiger partial charge on any atom is 0.240 e. The highest BCUT2D eigenvalue weighted by Crippen LogP contribution is 2.12. The molecule has 1 unspecified atom stereocenters. The monoisotopic (exact) mass is 285 g/mol. The second kappa shape index (κ2) is 6.79. The van der Waals surface area contributed by atoms with Gasteiger partial charge in [0.2, 0.25) is 10.0 Å². The van der Waals surface area contributed by atoms with E-state index in [4.69, 9.17) is 5.11 Å². The molecular formula is C13H19NO4S. The Bertz CT molecular complexity index is 522.